The molecule has 6 nitrogen and oxygen atoms in total. The van der Waals surface area contributed by atoms with Crippen molar-refractivity contribution >= 4 is 0 Å². The Bertz CT molecular complexity index is 694. The summed E-state index contributed by atoms with van der Waals surface area (Å²) in [6.45, 7) is 0.489. The van der Waals surface area contributed by atoms with Gasteiger partial charge in [-0.1, -0.05) is 60.7 Å². The van der Waals surface area contributed by atoms with Crippen molar-refractivity contribution in [2.75, 3.05) is 6.61 Å². The summed E-state index contributed by atoms with van der Waals surface area (Å²) in [6, 6.07) is 19.1. The van der Waals surface area contributed by atoms with Gasteiger partial charge < -0.3 is 29.2 Å². The topological polar surface area (TPSA) is 77.4 Å². The van der Waals surface area contributed by atoms with Gasteiger partial charge in [-0.05, 0) is 5.56 Å². The highest BCUT2D eigenvalue weighted by atomic mass is 16.7. The molecule has 0 bridgehead atoms. The SMILES string of the molecule is O[C@@H]1[C@@H](OCc2ccccc2)[C@H](O)O[C@@H]2COC(c3ccccc3)O[C@H]12. The summed E-state index contributed by atoms with van der Waals surface area (Å²) in [5.74, 6) is 0. The van der Waals surface area contributed by atoms with E-state index in [0.29, 0.717) is 0 Å². The lowest BCUT2D eigenvalue weighted by atomic mass is 9.97. The Morgan fingerprint density at radius 2 is 1.62 bits per heavy atom. The van der Waals surface area contributed by atoms with Crippen molar-refractivity contribution in [1.29, 1.82) is 0 Å². The molecule has 138 valence electrons. The minimum atomic E-state index is -1.24. The number of fused-ring (bicyclic) bond motifs is 1. The van der Waals surface area contributed by atoms with E-state index in [1.165, 1.54) is 0 Å². The number of hydrogen-bond donors (Lipinski definition) is 2. The average Bonchev–Trinajstić information content (AvgIpc) is 2.69. The fourth-order valence-corrected chi connectivity index (χ4v) is 3.31. The number of hydrogen-bond acceptors (Lipinski definition) is 6. The Kier molecular flexibility index (Phi) is 5.31. The first-order valence-corrected chi connectivity index (χ1v) is 8.71. The average molecular weight is 358 g/mol. The van der Waals surface area contributed by atoms with Gasteiger partial charge in [0.05, 0.1) is 13.2 Å². The minimum absolute atomic E-state index is 0.226. The van der Waals surface area contributed by atoms with E-state index in [2.05, 4.69) is 0 Å². The molecule has 0 amide bonds. The van der Waals surface area contributed by atoms with Crippen LogP contribution < -0.4 is 0 Å². The van der Waals surface area contributed by atoms with Crippen LogP contribution in [0.4, 0.5) is 0 Å². The highest BCUT2D eigenvalue weighted by Crippen LogP contribution is 2.34. The highest BCUT2D eigenvalue weighted by molar-refractivity contribution is 5.17. The van der Waals surface area contributed by atoms with Gasteiger partial charge in [0, 0.05) is 5.56 Å². The van der Waals surface area contributed by atoms with E-state index in [1.807, 2.05) is 60.7 Å². The van der Waals surface area contributed by atoms with Crippen LogP contribution in [0.3, 0.4) is 0 Å². The molecule has 0 spiro atoms. The van der Waals surface area contributed by atoms with Gasteiger partial charge in [-0.15, -0.1) is 0 Å². The summed E-state index contributed by atoms with van der Waals surface area (Å²) in [5, 5.41) is 21.0. The van der Waals surface area contributed by atoms with Crippen molar-refractivity contribution in [3.05, 3.63) is 71.8 Å². The molecule has 0 saturated carbocycles. The van der Waals surface area contributed by atoms with Crippen molar-refractivity contribution in [2.24, 2.45) is 0 Å². The molecule has 4 rings (SSSR count). The molecule has 2 fully saturated rings. The van der Waals surface area contributed by atoms with E-state index in [-0.39, 0.29) is 13.2 Å². The number of benzene rings is 2. The molecule has 26 heavy (non-hydrogen) atoms. The second-order valence-corrected chi connectivity index (χ2v) is 6.49. The smallest absolute Gasteiger partial charge is 0.184 e. The molecule has 0 aromatic heterocycles. The van der Waals surface area contributed by atoms with E-state index < -0.39 is 37.0 Å². The van der Waals surface area contributed by atoms with Crippen LogP contribution in [0.25, 0.3) is 0 Å². The summed E-state index contributed by atoms with van der Waals surface area (Å²) >= 11 is 0. The highest BCUT2D eigenvalue weighted by Gasteiger charge is 2.49. The third-order valence-corrected chi connectivity index (χ3v) is 4.68. The van der Waals surface area contributed by atoms with Gasteiger partial charge in [0.25, 0.3) is 0 Å². The Morgan fingerprint density at radius 3 is 2.35 bits per heavy atom. The lowest BCUT2D eigenvalue weighted by Crippen LogP contribution is -2.62. The maximum atomic E-state index is 10.7. The summed E-state index contributed by atoms with van der Waals surface area (Å²) in [6.07, 6.45) is -4.93. The van der Waals surface area contributed by atoms with Crippen molar-refractivity contribution in [3.8, 4) is 0 Å². The zero-order valence-corrected chi connectivity index (χ0v) is 14.2. The van der Waals surface area contributed by atoms with Gasteiger partial charge in [0.2, 0.25) is 0 Å². The van der Waals surface area contributed by atoms with Crippen LogP contribution in [0.5, 0.6) is 0 Å². The fraction of sp³-hybridized carbons (Fsp3) is 0.400. The van der Waals surface area contributed by atoms with Gasteiger partial charge in [0.15, 0.2) is 12.6 Å². The second-order valence-electron chi connectivity index (χ2n) is 6.49. The van der Waals surface area contributed by atoms with E-state index in [0.717, 1.165) is 11.1 Å². The molecule has 1 unspecified atom stereocenters. The van der Waals surface area contributed by atoms with Crippen LogP contribution in [-0.4, -0.2) is 47.5 Å². The van der Waals surface area contributed by atoms with Crippen LogP contribution >= 0.6 is 0 Å². The maximum Gasteiger partial charge on any atom is 0.184 e. The molecule has 2 heterocycles. The lowest BCUT2D eigenvalue weighted by molar-refractivity contribution is -0.360. The van der Waals surface area contributed by atoms with Crippen LogP contribution in [0, 0.1) is 0 Å². The van der Waals surface area contributed by atoms with Gasteiger partial charge in [-0.2, -0.15) is 0 Å². The maximum absolute atomic E-state index is 10.7. The molecule has 2 aliphatic rings. The van der Waals surface area contributed by atoms with Gasteiger partial charge in [-0.25, -0.2) is 0 Å². The molecular formula is C20H22O6. The van der Waals surface area contributed by atoms with Crippen LogP contribution in [0.1, 0.15) is 17.4 Å². The third kappa shape index (κ3) is 3.66. The largest absolute Gasteiger partial charge is 0.387 e. The standard InChI is InChI=1S/C20H22O6/c21-16-17-15(12-24-20(26-17)14-9-5-2-6-10-14)25-19(22)18(16)23-11-13-7-3-1-4-8-13/h1-10,15-22H,11-12H2/t15-,16+,17+,18-,19-,20?/m1/s1. The van der Waals surface area contributed by atoms with Crippen LogP contribution in [-0.2, 0) is 25.6 Å². The first kappa shape index (κ1) is 17.6. The molecule has 2 saturated heterocycles. The molecule has 0 aliphatic carbocycles. The van der Waals surface area contributed by atoms with Gasteiger partial charge in [0.1, 0.15) is 24.4 Å². The summed E-state index contributed by atoms with van der Waals surface area (Å²) in [7, 11) is 0. The Morgan fingerprint density at radius 1 is 0.923 bits per heavy atom. The molecule has 2 aliphatic heterocycles. The van der Waals surface area contributed by atoms with Crippen LogP contribution in [0.15, 0.2) is 60.7 Å². The minimum Gasteiger partial charge on any atom is -0.387 e. The second kappa shape index (κ2) is 7.84. The Labute approximate surface area is 151 Å². The molecule has 0 radical (unpaired) electrons. The van der Waals surface area contributed by atoms with Crippen LogP contribution in [0.2, 0.25) is 0 Å². The van der Waals surface area contributed by atoms with Crippen molar-refractivity contribution < 1.29 is 29.2 Å². The Balaban J connectivity index is 1.44. The molecule has 2 aromatic carbocycles. The molecular weight excluding hydrogens is 336 g/mol. The third-order valence-electron chi connectivity index (χ3n) is 4.68. The normalized spacial score (nSPS) is 34.2. The molecule has 2 N–H and O–H groups in total. The number of ether oxygens (including phenoxy) is 4. The Hall–Kier alpha value is -1.80. The molecule has 6 atom stereocenters. The zero-order chi connectivity index (χ0) is 17.9. The predicted octanol–water partition coefficient (Wildman–Crippen LogP) is 1.76. The zero-order valence-electron chi connectivity index (χ0n) is 14.2. The van der Waals surface area contributed by atoms with E-state index >= 15 is 0 Å². The summed E-state index contributed by atoms with van der Waals surface area (Å²) < 4.78 is 22.9. The van der Waals surface area contributed by atoms with Gasteiger partial charge in [-0.3, -0.25) is 0 Å². The predicted molar refractivity (Wildman–Crippen MR) is 91.9 cm³/mol. The monoisotopic (exact) mass is 358 g/mol. The van der Waals surface area contributed by atoms with E-state index in [9.17, 15) is 10.2 Å². The number of aliphatic hydroxyl groups excluding tert-OH is 2. The van der Waals surface area contributed by atoms with Gasteiger partial charge >= 0.3 is 0 Å². The fourth-order valence-electron chi connectivity index (χ4n) is 3.31. The molecule has 2 aromatic rings. The number of rotatable bonds is 4. The number of aliphatic hydroxyl groups is 2. The van der Waals surface area contributed by atoms with E-state index in [1.54, 1.807) is 0 Å². The quantitative estimate of drug-likeness (QED) is 0.867. The van der Waals surface area contributed by atoms with E-state index in [4.69, 9.17) is 18.9 Å². The summed E-state index contributed by atoms with van der Waals surface area (Å²) in [4.78, 5) is 0. The molecule has 6 heteroatoms. The van der Waals surface area contributed by atoms with Crippen molar-refractivity contribution in [2.45, 2.75) is 43.6 Å². The van der Waals surface area contributed by atoms with Crippen molar-refractivity contribution in [3.63, 3.8) is 0 Å². The first-order chi connectivity index (χ1) is 12.7. The lowest BCUT2D eigenvalue weighted by Gasteiger charge is -2.46. The van der Waals surface area contributed by atoms with Crippen molar-refractivity contribution in [1.82, 2.24) is 0 Å². The first-order valence-electron chi connectivity index (χ1n) is 8.71. The summed E-state index contributed by atoms with van der Waals surface area (Å²) in [5.41, 5.74) is 1.81.